The first kappa shape index (κ1) is 40.3. The fraction of sp³-hybridized carbons (Fsp3) is 0.304. The van der Waals surface area contributed by atoms with Crippen molar-refractivity contribution in [3.05, 3.63) is 167 Å². The molecule has 1 fully saturated rings. The number of likely N-dealkylation sites (N-methyl/N-ethyl adjacent to an activating group) is 1. The van der Waals surface area contributed by atoms with Crippen molar-refractivity contribution < 1.29 is 34.0 Å². The summed E-state index contributed by atoms with van der Waals surface area (Å²) in [5.41, 5.74) is 7.36. The molecule has 5 aromatic rings. The van der Waals surface area contributed by atoms with Gasteiger partial charge in [0.25, 0.3) is 0 Å². The van der Waals surface area contributed by atoms with Crippen molar-refractivity contribution in [2.24, 2.45) is 0 Å². The fourth-order valence-electron chi connectivity index (χ4n) is 6.96. The molecule has 1 aliphatic heterocycles. The molecule has 0 bridgehead atoms. The standard InChI is InChI=1S/C46H51N3O7/c1-31(43(51)37-14-8-5-9-15-37)49(2)29-40-27-42(36-19-17-33(30-50)18-20-36)56-45(55-40)38-23-21-35(22-24-38)39-16-10-13-34(25-39)28-47-46(53)48-41(44(52)54-3)26-32-11-6-4-7-12-32/h4-25,31,40-43,45,50-51H,26-30H2,1-3H3,(H2,47,48,53)/t31-,40+,41+,42-,43-,45-/m1/s1. The van der Waals surface area contributed by atoms with Crippen LogP contribution >= 0.6 is 0 Å². The first-order valence-corrected chi connectivity index (χ1v) is 19.0. The Hall–Kier alpha value is -5.36. The maximum absolute atomic E-state index is 12.8. The van der Waals surface area contributed by atoms with Crippen LogP contribution in [0.5, 0.6) is 0 Å². The number of nitrogens with one attached hydrogen (secondary N) is 2. The van der Waals surface area contributed by atoms with Crippen molar-refractivity contribution in [1.82, 2.24) is 15.5 Å². The molecule has 6 atom stereocenters. The zero-order valence-corrected chi connectivity index (χ0v) is 32.1. The summed E-state index contributed by atoms with van der Waals surface area (Å²) in [6.07, 6.45) is -0.761. The number of ether oxygens (including phenoxy) is 3. The molecule has 56 heavy (non-hydrogen) atoms. The summed E-state index contributed by atoms with van der Waals surface area (Å²) in [5.74, 6) is -0.512. The SMILES string of the molecule is COC(=O)[C@H](Cc1ccccc1)NC(=O)NCc1cccc(-c2ccc([C@@H]3O[C@H](CN(C)[C@H](C)[C@@H](O)c4ccccc4)C[C@H](c4ccc(CO)cc4)O3)cc2)c1. The van der Waals surface area contributed by atoms with Gasteiger partial charge in [0.2, 0.25) is 0 Å². The Morgan fingerprint density at radius 2 is 1.46 bits per heavy atom. The van der Waals surface area contributed by atoms with E-state index in [-0.39, 0.29) is 31.4 Å². The second-order valence-electron chi connectivity index (χ2n) is 14.3. The highest BCUT2D eigenvalue weighted by molar-refractivity contribution is 5.83. The van der Waals surface area contributed by atoms with E-state index in [1.807, 2.05) is 147 Å². The van der Waals surface area contributed by atoms with E-state index in [0.29, 0.717) is 19.4 Å². The van der Waals surface area contributed by atoms with Crippen LogP contribution in [0.25, 0.3) is 11.1 Å². The van der Waals surface area contributed by atoms with Crippen LogP contribution in [-0.4, -0.2) is 66.0 Å². The summed E-state index contributed by atoms with van der Waals surface area (Å²) in [7, 11) is 3.31. The van der Waals surface area contributed by atoms with Crippen LogP contribution < -0.4 is 10.6 Å². The molecule has 0 radical (unpaired) electrons. The molecular weight excluding hydrogens is 707 g/mol. The van der Waals surface area contributed by atoms with Crippen molar-refractivity contribution in [3.63, 3.8) is 0 Å². The van der Waals surface area contributed by atoms with Crippen molar-refractivity contribution in [2.75, 3.05) is 20.7 Å². The molecule has 4 N–H and O–H groups in total. The monoisotopic (exact) mass is 757 g/mol. The zero-order chi connectivity index (χ0) is 39.4. The summed E-state index contributed by atoms with van der Waals surface area (Å²) in [4.78, 5) is 27.4. The average Bonchev–Trinajstić information content (AvgIpc) is 3.25. The van der Waals surface area contributed by atoms with Gasteiger partial charge in [-0.25, -0.2) is 9.59 Å². The maximum Gasteiger partial charge on any atom is 0.328 e. The van der Waals surface area contributed by atoms with Gasteiger partial charge in [-0.15, -0.1) is 0 Å². The number of urea groups is 1. The lowest BCUT2D eigenvalue weighted by Crippen LogP contribution is -2.47. The van der Waals surface area contributed by atoms with Crippen LogP contribution in [0.2, 0.25) is 0 Å². The zero-order valence-electron chi connectivity index (χ0n) is 32.1. The van der Waals surface area contributed by atoms with Gasteiger partial charge in [-0.2, -0.15) is 0 Å². The third kappa shape index (κ3) is 10.7. The molecule has 6 rings (SSSR count). The average molecular weight is 758 g/mol. The first-order chi connectivity index (χ1) is 27.2. The third-order valence-corrected chi connectivity index (χ3v) is 10.4. The van der Waals surface area contributed by atoms with Crippen molar-refractivity contribution in [1.29, 1.82) is 0 Å². The van der Waals surface area contributed by atoms with E-state index in [4.69, 9.17) is 14.2 Å². The Bertz CT molecular complexity index is 1990. The second-order valence-corrected chi connectivity index (χ2v) is 14.3. The van der Waals surface area contributed by atoms with Crippen LogP contribution in [0.3, 0.4) is 0 Å². The molecule has 1 saturated heterocycles. The minimum absolute atomic E-state index is 0.0274. The van der Waals surface area contributed by atoms with Crippen LogP contribution in [0, 0.1) is 0 Å². The number of hydrogen-bond donors (Lipinski definition) is 4. The van der Waals surface area contributed by atoms with Gasteiger partial charge in [-0.05, 0) is 59.0 Å². The number of hydrogen-bond acceptors (Lipinski definition) is 8. The van der Waals surface area contributed by atoms with E-state index in [0.717, 1.165) is 44.5 Å². The Morgan fingerprint density at radius 1 is 0.804 bits per heavy atom. The lowest BCUT2D eigenvalue weighted by molar-refractivity contribution is -0.253. The molecule has 0 unspecified atom stereocenters. The Labute approximate surface area is 329 Å². The van der Waals surface area contributed by atoms with Gasteiger partial charge < -0.3 is 35.1 Å². The van der Waals surface area contributed by atoms with E-state index >= 15 is 0 Å². The van der Waals surface area contributed by atoms with Gasteiger partial charge in [0, 0.05) is 37.5 Å². The number of carbonyl (C=O) groups is 2. The first-order valence-electron chi connectivity index (χ1n) is 19.0. The van der Waals surface area contributed by atoms with Gasteiger partial charge in [0.05, 0.1) is 32.0 Å². The molecule has 1 heterocycles. The predicted octanol–water partition coefficient (Wildman–Crippen LogP) is 7.03. The summed E-state index contributed by atoms with van der Waals surface area (Å²) < 4.78 is 18.1. The molecule has 0 spiro atoms. The number of methoxy groups -OCH3 is 1. The molecule has 5 aromatic carbocycles. The van der Waals surface area contributed by atoms with Gasteiger partial charge in [0.15, 0.2) is 6.29 Å². The minimum Gasteiger partial charge on any atom is -0.467 e. The fourth-order valence-corrected chi connectivity index (χ4v) is 6.96. The number of aliphatic hydroxyl groups excluding tert-OH is 2. The van der Waals surface area contributed by atoms with Crippen LogP contribution in [-0.2, 0) is 38.6 Å². The van der Waals surface area contributed by atoms with Crippen LogP contribution in [0.15, 0.2) is 133 Å². The molecule has 292 valence electrons. The summed E-state index contributed by atoms with van der Waals surface area (Å²) >= 11 is 0. The lowest BCUT2D eigenvalue weighted by atomic mass is 9.98. The van der Waals surface area contributed by atoms with Gasteiger partial charge in [-0.1, -0.05) is 127 Å². The van der Waals surface area contributed by atoms with Crippen molar-refractivity contribution >= 4 is 12.0 Å². The highest BCUT2D eigenvalue weighted by Gasteiger charge is 2.34. The second kappa shape index (κ2) is 19.5. The number of amides is 2. The molecule has 1 aliphatic rings. The lowest BCUT2D eigenvalue weighted by Gasteiger charge is -2.39. The van der Waals surface area contributed by atoms with E-state index in [1.54, 1.807) is 0 Å². The number of nitrogens with zero attached hydrogens (tertiary/aromatic N) is 1. The quantitative estimate of drug-likeness (QED) is 0.0839. The molecule has 10 nitrogen and oxygen atoms in total. The maximum atomic E-state index is 12.8. The van der Waals surface area contributed by atoms with Crippen LogP contribution in [0.4, 0.5) is 4.79 Å². The molecule has 2 amide bonds. The topological polar surface area (TPSA) is 130 Å². The summed E-state index contributed by atoms with van der Waals surface area (Å²) in [6, 6.07) is 41.6. The summed E-state index contributed by atoms with van der Waals surface area (Å²) in [6.45, 7) is 2.84. The molecular formula is C46H51N3O7. The van der Waals surface area contributed by atoms with Gasteiger partial charge in [0.1, 0.15) is 6.04 Å². The number of carbonyl (C=O) groups excluding carboxylic acids is 2. The molecule has 0 aliphatic carbocycles. The third-order valence-electron chi connectivity index (χ3n) is 10.4. The number of esters is 1. The highest BCUT2D eigenvalue weighted by atomic mass is 16.7. The highest BCUT2D eigenvalue weighted by Crippen LogP contribution is 2.39. The van der Waals surface area contributed by atoms with E-state index in [2.05, 4.69) is 15.5 Å². The number of benzene rings is 5. The van der Waals surface area contributed by atoms with E-state index in [9.17, 15) is 19.8 Å². The Kier molecular flexibility index (Phi) is 14.0. The minimum atomic E-state index is -0.821. The van der Waals surface area contributed by atoms with Gasteiger partial charge in [-0.3, -0.25) is 4.90 Å². The molecule has 10 heteroatoms. The van der Waals surface area contributed by atoms with Crippen molar-refractivity contribution in [2.45, 2.75) is 69.6 Å². The molecule has 0 saturated carbocycles. The Balaban J connectivity index is 1.11. The van der Waals surface area contributed by atoms with Crippen molar-refractivity contribution in [3.8, 4) is 11.1 Å². The smallest absolute Gasteiger partial charge is 0.328 e. The Morgan fingerprint density at radius 3 is 2.14 bits per heavy atom. The van der Waals surface area contributed by atoms with E-state index < -0.39 is 30.4 Å². The van der Waals surface area contributed by atoms with E-state index in [1.165, 1.54) is 7.11 Å². The van der Waals surface area contributed by atoms with Crippen LogP contribution in [0.1, 0.15) is 65.2 Å². The largest absolute Gasteiger partial charge is 0.467 e. The molecule has 0 aromatic heterocycles. The van der Waals surface area contributed by atoms with Gasteiger partial charge >= 0.3 is 12.0 Å². The normalized spacial score (nSPS) is 18.4. The predicted molar refractivity (Wildman–Crippen MR) is 215 cm³/mol. The number of rotatable bonds is 15. The number of aliphatic hydroxyl groups is 2. The summed E-state index contributed by atoms with van der Waals surface area (Å²) in [5, 5.41) is 26.3.